The lowest BCUT2D eigenvalue weighted by molar-refractivity contribution is 0.0938. The predicted octanol–water partition coefficient (Wildman–Crippen LogP) is 0.792. The van der Waals surface area contributed by atoms with Crippen LogP contribution in [0.25, 0.3) is 0 Å². The van der Waals surface area contributed by atoms with Crippen molar-refractivity contribution in [3.63, 3.8) is 0 Å². The van der Waals surface area contributed by atoms with Crippen molar-refractivity contribution in [1.29, 1.82) is 0 Å². The summed E-state index contributed by atoms with van der Waals surface area (Å²) in [5.41, 5.74) is 0. The van der Waals surface area contributed by atoms with Gasteiger partial charge in [-0.1, -0.05) is 11.3 Å². The first-order valence-corrected chi connectivity index (χ1v) is 6.95. The summed E-state index contributed by atoms with van der Waals surface area (Å²) in [5, 5.41) is 14.5. The number of hydrogen-bond donors (Lipinski definition) is 2. The molecule has 1 atom stereocenters. The highest BCUT2D eigenvalue weighted by Gasteiger charge is 2.29. The lowest BCUT2D eigenvalue weighted by atomic mass is 10.3. The maximum atomic E-state index is 11.8. The molecule has 0 radical (unpaired) electrons. The SMILES string of the molecule is CNc1nnc(C(=O)NCC(C)N(C)C2CC2)s1. The number of nitrogens with one attached hydrogen (secondary N) is 2. The molecule has 1 aromatic heterocycles. The molecule has 0 aliphatic heterocycles. The Hall–Kier alpha value is -1.21. The largest absolute Gasteiger partial charge is 0.363 e. The highest BCUT2D eigenvalue weighted by molar-refractivity contribution is 7.17. The Kier molecular flexibility index (Phi) is 4.13. The van der Waals surface area contributed by atoms with Crippen LogP contribution in [0.4, 0.5) is 5.13 Å². The minimum Gasteiger partial charge on any atom is -0.363 e. The first kappa shape index (κ1) is 13.2. The zero-order valence-electron chi connectivity index (χ0n) is 10.9. The second kappa shape index (κ2) is 5.62. The predicted molar refractivity (Wildman–Crippen MR) is 72.0 cm³/mol. The summed E-state index contributed by atoms with van der Waals surface area (Å²) in [6.45, 7) is 2.76. The van der Waals surface area contributed by atoms with Crippen LogP contribution in [0.2, 0.25) is 0 Å². The monoisotopic (exact) mass is 269 g/mol. The van der Waals surface area contributed by atoms with E-state index >= 15 is 0 Å². The molecule has 18 heavy (non-hydrogen) atoms. The van der Waals surface area contributed by atoms with Crippen molar-refractivity contribution in [2.45, 2.75) is 31.8 Å². The molecule has 2 rings (SSSR count). The Balaban J connectivity index is 1.80. The van der Waals surface area contributed by atoms with Crippen LogP contribution in [-0.2, 0) is 0 Å². The number of rotatable bonds is 6. The van der Waals surface area contributed by atoms with Crippen LogP contribution in [0.1, 0.15) is 29.6 Å². The summed E-state index contributed by atoms with van der Waals surface area (Å²) in [7, 11) is 3.87. The Labute approximate surface area is 111 Å². The van der Waals surface area contributed by atoms with Crippen molar-refractivity contribution in [2.24, 2.45) is 0 Å². The molecule has 1 unspecified atom stereocenters. The molecule has 0 saturated heterocycles. The standard InChI is InChI=1S/C11H19N5OS/c1-7(16(3)8-4-5-8)6-13-9(17)10-14-15-11(12-2)18-10/h7-8H,4-6H2,1-3H3,(H,12,15)(H,13,17). The van der Waals surface area contributed by atoms with Gasteiger partial charge in [-0.3, -0.25) is 9.69 Å². The number of carbonyl (C=O) groups is 1. The molecule has 0 spiro atoms. The van der Waals surface area contributed by atoms with Crippen LogP contribution in [0.15, 0.2) is 0 Å². The number of aromatic nitrogens is 2. The lowest BCUT2D eigenvalue weighted by Crippen LogP contribution is -2.41. The van der Waals surface area contributed by atoms with E-state index < -0.39 is 0 Å². The van der Waals surface area contributed by atoms with Gasteiger partial charge in [0.1, 0.15) is 0 Å². The average molecular weight is 269 g/mol. The Morgan fingerprint density at radius 1 is 1.56 bits per heavy atom. The summed E-state index contributed by atoms with van der Waals surface area (Å²) < 4.78 is 0. The van der Waals surface area contributed by atoms with E-state index in [1.165, 1.54) is 24.2 Å². The molecule has 0 aromatic carbocycles. The normalized spacial score (nSPS) is 16.7. The van der Waals surface area contributed by atoms with Crippen molar-refractivity contribution in [3.8, 4) is 0 Å². The average Bonchev–Trinajstić information content (AvgIpc) is 3.12. The van der Waals surface area contributed by atoms with E-state index in [1.807, 2.05) is 0 Å². The third-order valence-corrected chi connectivity index (χ3v) is 4.15. The van der Waals surface area contributed by atoms with E-state index in [4.69, 9.17) is 0 Å². The van der Waals surface area contributed by atoms with Gasteiger partial charge < -0.3 is 10.6 Å². The minimum atomic E-state index is -0.148. The molecule has 1 aromatic rings. The Morgan fingerprint density at radius 3 is 2.83 bits per heavy atom. The molecule has 2 N–H and O–H groups in total. The number of likely N-dealkylation sites (N-methyl/N-ethyl adjacent to an activating group) is 1. The molecular formula is C11H19N5OS. The third kappa shape index (κ3) is 3.17. The quantitative estimate of drug-likeness (QED) is 0.799. The van der Waals surface area contributed by atoms with Gasteiger partial charge in [-0.05, 0) is 26.8 Å². The molecule has 1 aliphatic carbocycles. The molecule has 1 aliphatic rings. The fourth-order valence-corrected chi connectivity index (χ4v) is 2.33. The van der Waals surface area contributed by atoms with E-state index in [2.05, 4.69) is 39.7 Å². The van der Waals surface area contributed by atoms with Crippen molar-refractivity contribution < 1.29 is 4.79 Å². The van der Waals surface area contributed by atoms with Gasteiger partial charge in [-0.25, -0.2) is 0 Å². The highest BCUT2D eigenvalue weighted by Crippen LogP contribution is 2.26. The minimum absolute atomic E-state index is 0.148. The van der Waals surface area contributed by atoms with Gasteiger partial charge in [-0.2, -0.15) is 0 Å². The molecule has 1 saturated carbocycles. The first-order chi connectivity index (χ1) is 8.61. The second-order valence-corrected chi connectivity index (χ2v) is 5.60. The first-order valence-electron chi connectivity index (χ1n) is 6.13. The Morgan fingerprint density at radius 2 is 2.28 bits per heavy atom. The number of amides is 1. The number of nitrogens with zero attached hydrogens (tertiary/aromatic N) is 3. The topological polar surface area (TPSA) is 70.1 Å². The maximum absolute atomic E-state index is 11.8. The molecular weight excluding hydrogens is 250 g/mol. The van der Waals surface area contributed by atoms with Gasteiger partial charge in [-0.15, -0.1) is 10.2 Å². The summed E-state index contributed by atoms with van der Waals surface area (Å²) in [5.74, 6) is -0.148. The highest BCUT2D eigenvalue weighted by atomic mass is 32.1. The fraction of sp³-hybridized carbons (Fsp3) is 0.727. The van der Waals surface area contributed by atoms with Gasteiger partial charge >= 0.3 is 0 Å². The van der Waals surface area contributed by atoms with Crippen molar-refractivity contribution in [2.75, 3.05) is 26.0 Å². The van der Waals surface area contributed by atoms with E-state index in [-0.39, 0.29) is 5.91 Å². The molecule has 100 valence electrons. The molecule has 1 heterocycles. The summed E-state index contributed by atoms with van der Waals surface area (Å²) >= 11 is 1.26. The summed E-state index contributed by atoms with van der Waals surface area (Å²) in [6.07, 6.45) is 2.55. The van der Waals surface area contributed by atoms with Crippen molar-refractivity contribution in [3.05, 3.63) is 5.01 Å². The Bertz CT molecular complexity index is 417. The smallest absolute Gasteiger partial charge is 0.282 e. The van der Waals surface area contributed by atoms with Gasteiger partial charge in [0.25, 0.3) is 5.91 Å². The zero-order chi connectivity index (χ0) is 13.1. The van der Waals surface area contributed by atoms with Gasteiger partial charge in [0.15, 0.2) is 0 Å². The van der Waals surface area contributed by atoms with Crippen molar-refractivity contribution >= 4 is 22.4 Å². The van der Waals surface area contributed by atoms with Crippen LogP contribution in [0.5, 0.6) is 0 Å². The van der Waals surface area contributed by atoms with Gasteiger partial charge in [0.2, 0.25) is 10.1 Å². The van der Waals surface area contributed by atoms with Crippen LogP contribution < -0.4 is 10.6 Å². The number of anilines is 1. The maximum Gasteiger partial charge on any atom is 0.282 e. The molecule has 7 heteroatoms. The third-order valence-electron chi connectivity index (χ3n) is 3.21. The van der Waals surface area contributed by atoms with Gasteiger partial charge in [0.05, 0.1) is 0 Å². The number of carbonyl (C=O) groups excluding carboxylic acids is 1. The molecule has 6 nitrogen and oxygen atoms in total. The van der Waals surface area contributed by atoms with Crippen LogP contribution in [-0.4, -0.2) is 53.7 Å². The van der Waals surface area contributed by atoms with E-state index in [9.17, 15) is 4.79 Å². The molecule has 1 fully saturated rings. The fourth-order valence-electron chi connectivity index (χ4n) is 1.72. The van der Waals surface area contributed by atoms with Crippen LogP contribution in [0.3, 0.4) is 0 Å². The zero-order valence-corrected chi connectivity index (χ0v) is 11.8. The molecule has 1 amide bonds. The van der Waals surface area contributed by atoms with E-state index in [0.717, 1.165) is 0 Å². The van der Waals surface area contributed by atoms with E-state index in [1.54, 1.807) is 7.05 Å². The molecule has 0 bridgehead atoms. The number of hydrogen-bond acceptors (Lipinski definition) is 6. The lowest BCUT2D eigenvalue weighted by Gasteiger charge is -2.24. The summed E-state index contributed by atoms with van der Waals surface area (Å²) in [6, 6.07) is 1.05. The second-order valence-electron chi connectivity index (χ2n) is 4.62. The van der Waals surface area contributed by atoms with Gasteiger partial charge in [0, 0.05) is 25.7 Å². The van der Waals surface area contributed by atoms with Crippen LogP contribution >= 0.6 is 11.3 Å². The van der Waals surface area contributed by atoms with Crippen LogP contribution in [0, 0.1) is 0 Å². The summed E-state index contributed by atoms with van der Waals surface area (Å²) in [4.78, 5) is 14.2. The van der Waals surface area contributed by atoms with E-state index in [0.29, 0.717) is 28.8 Å². The van der Waals surface area contributed by atoms with Crippen molar-refractivity contribution in [1.82, 2.24) is 20.4 Å².